The van der Waals surface area contributed by atoms with Gasteiger partial charge in [-0.1, -0.05) is 0 Å². The first-order chi connectivity index (χ1) is 13.8. The monoisotopic (exact) mass is 373 g/mol. The van der Waals surface area contributed by atoms with E-state index in [1.165, 1.54) is 0 Å². The predicted octanol–water partition coefficient (Wildman–Crippen LogP) is 1.61. The standard InChI is InChI=1S/C19H19N9/c1-14-11-17(28-19(24-14)22-13-23-28)26-7-9-27(10-8-26)18-21-6-4-16(25-18)15-3-2-5-20-12-15/h2-6,11-13H,7-10H2,1H3. The van der Waals surface area contributed by atoms with Gasteiger partial charge in [0.15, 0.2) is 0 Å². The Morgan fingerprint density at radius 1 is 0.929 bits per heavy atom. The van der Waals surface area contributed by atoms with E-state index >= 15 is 0 Å². The van der Waals surface area contributed by atoms with Crippen LogP contribution in [0.2, 0.25) is 0 Å². The maximum atomic E-state index is 4.74. The summed E-state index contributed by atoms with van der Waals surface area (Å²) in [5.74, 6) is 2.40. The summed E-state index contributed by atoms with van der Waals surface area (Å²) in [5, 5.41) is 4.31. The lowest BCUT2D eigenvalue weighted by Gasteiger charge is -2.36. The van der Waals surface area contributed by atoms with Crippen LogP contribution in [0.3, 0.4) is 0 Å². The summed E-state index contributed by atoms with van der Waals surface area (Å²) in [7, 11) is 0. The zero-order valence-electron chi connectivity index (χ0n) is 15.5. The Bertz CT molecular complexity index is 1100. The Morgan fingerprint density at radius 3 is 2.61 bits per heavy atom. The average molecular weight is 373 g/mol. The molecule has 0 saturated carbocycles. The lowest BCUT2D eigenvalue weighted by Crippen LogP contribution is -2.47. The average Bonchev–Trinajstić information content (AvgIpc) is 3.22. The predicted molar refractivity (Wildman–Crippen MR) is 105 cm³/mol. The van der Waals surface area contributed by atoms with Crippen LogP contribution in [0.5, 0.6) is 0 Å². The Kier molecular flexibility index (Phi) is 4.04. The Balaban J connectivity index is 1.36. The van der Waals surface area contributed by atoms with E-state index in [1.54, 1.807) is 17.0 Å². The molecule has 0 unspecified atom stereocenters. The topological polar surface area (TPSA) is 88.2 Å². The number of anilines is 2. The molecular formula is C19H19N9. The SMILES string of the molecule is Cc1cc(N2CCN(c3nccc(-c4cccnc4)n3)CC2)n2ncnc2n1. The maximum Gasteiger partial charge on any atom is 0.254 e. The molecule has 140 valence electrons. The molecule has 0 amide bonds. The van der Waals surface area contributed by atoms with E-state index in [9.17, 15) is 0 Å². The van der Waals surface area contributed by atoms with Crippen LogP contribution >= 0.6 is 0 Å². The van der Waals surface area contributed by atoms with Crippen LogP contribution in [0, 0.1) is 6.92 Å². The van der Waals surface area contributed by atoms with Gasteiger partial charge in [0.25, 0.3) is 5.78 Å². The van der Waals surface area contributed by atoms with E-state index in [4.69, 9.17) is 4.98 Å². The molecule has 0 N–H and O–H groups in total. The molecule has 9 nitrogen and oxygen atoms in total. The van der Waals surface area contributed by atoms with Gasteiger partial charge < -0.3 is 9.80 Å². The highest BCUT2D eigenvalue weighted by Crippen LogP contribution is 2.21. The minimum absolute atomic E-state index is 0.630. The van der Waals surface area contributed by atoms with Crippen molar-refractivity contribution in [3.63, 3.8) is 0 Å². The van der Waals surface area contributed by atoms with Gasteiger partial charge in [-0.3, -0.25) is 4.98 Å². The van der Waals surface area contributed by atoms with Crippen LogP contribution in [0.15, 0.2) is 49.2 Å². The molecule has 9 heteroatoms. The molecule has 0 bridgehead atoms. The van der Waals surface area contributed by atoms with Crippen molar-refractivity contribution in [3.8, 4) is 11.3 Å². The number of fused-ring (bicyclic) bond motifs is 1. The number of hydrogen-bond acceptors (Lipinski definition) is 8. The molecular weight excluding hydrogens is 354 g/mol. The smallest absolute Gasteiger partial charge is 0.254 e. The van der Waals surface area contributed by atoms with Crippen LogP contribution in [-0.2, 0) is 0 Å². The minimum atomic E-state index is 0.630. The van der Waals surface area contributed by atoms with Crippen molar-refractivity contribution in [3.05, 3.63) is 54.9 Å². The van der Waals surface area contributed by atoms with Gasteiger partial charge in [0.1, 0.15) is 12.1 Å². The molecule has 1 fully saturated rings. The molecule has 28 heavy (non-hydrogen) atoms. The molecule has 0 aliphatic carbocycles. The normalized spacial score (nSPS) is 14.6. The van der Waals surface area contributed by atoms with Gasteiger partial charge >= 0.3 is 0 Å². The summed E-state index contributed by atoms with van der Waals surface area (Å²) in [6.45, 7) is 5.33. The van der Waals surface area contributed by atoms with E-state index in [0.29, 0.717) is 5.78 Å². The molecule has 1 aliphatic heterocycles. The highest BCUT2D eigenvalue weighted by molar-refractivity contribution is 5.59. The highest BCUT2D eigenvalue weighted by Gasteiger charge is 2.22. The summed E-state index contributed by atoms with van der Waals surface area (Å²) < 4.78 is 1.79. The number of aromatic nitrogens is 7. The summed E-state index contributed by atoms with van der Waals surface area (Å²) in [6, 6.07) is 7.89. The van der Waals surface area contributed by atoms with Gasteiger partial charge in [-0.25, -0.2) is 15.0 Å². The molecule has 5 rings (SSSR count). The summed E-state index contributed by atoms with van der Waals surface area (Å²) in [6.07, 6.45) is 6.93. The number of piperazine rings is 1. The van der Waals surface area contributed by atoms with E-state index in [0.717, 1.165) is 54.9 Å². The number of pyridine rings is 1. The summed E-state index contributed by atoms with van der Waals surface area (Å²) in [4.78, 5) is 26.5. The third kappa shape index (κ3) is 3.00. The van der Waals surface area contributed by atoms with Gasteiger partial charge in [-0.2, -0.15) is 14.6 Å². The van der Waals surface area contributed by atoms with Crippen LogP contribution < -0.4 is 9.80 Å². The van der Waals surface area contributed by atoms with E-state index in [1.807, 2.05) is 37.5 Å². The van der Waals surface area contributed by atoms with Crippen molar-refractivity contribution in [1.29, 1.82) is 0 Å². The molecule has 0 aromatic carbocycles. The lowest BCUT2D eigenvalue weighted by molar-refractivity contribution is 0.627. The summed E-state index contributed by atoms with van der Waals surface area (Å²) in [5.41, 5.74) is 2.81. The van der Waals surface area contributed by atoms with Gasteiger partial charge in [0.05, 0.1) is 5.69 Å². The lowest BCUT2D eigenvalue weighted by atomic mass is 10.2. The minimum Gasteiger partial charge on any atom is -0.353 e. The number of hydrogen-bond donors (Lipinski definition) is 0. The third-order valence-electron chi connectivity index (χ3n) is 4.85. The second-order valence-corrected chi connectivity index (χ2v) is 6.69. The van der Waals surface area contributed by atoms with E-state index < -0.39 is 0 Å². The molecule has 0 atom stereocenters. The Morgan fingerprint density at radius 2 is 1.79 bits per heavy atom. The van der Waals surface area contributed by atoms with Crippen molar-refractivity contribution < 1.29 is 0 Å². The number of nitrogens with zero attached hydrogens (tertiary/aromatic N) is 9. The van der Waals surface area contributed by atoms with Gasteiger partial charge in [-0.15, -0.1) is 0 Å². The third-order valence-corrected chi connectivity index (χ3v) is 4.85. The van der Waals surface area contributed by atoms with Crippen molar-refractivity contribution in [1.82, 2.24) is 34.5 Å². The zero-order valence-corrected chi connectivity index (χ0v) is 15.5. The van der Waals surface area contributed by atoms with Crippen LogP contribution in [0.25, 0.3) is 17.0 Å². The fourth-order valence-corrected chi connectivity index (χ4v) is 3.45. The first kappa shape index (κ1) is 16.5. The van der Waals surface area contributed by atoms with Crippen LogP contribution in [0.1, 0.15) is 5.69 Å². The first-order valence-corrected chi connectivity index (χ1v) is 9.19. The highest BCUT2D eigenvalue weighted by atomic mass is 15.4. The first-order valence-electron chi connectivity index (χ1n) is 9.19. The van der Waals surface area contributed by atoms with Crippen molar-refractivity contribution in [2.45, 2.75) is 6.92 Å². The number of rotatable bonds is 3. The molecule has 1 aliphatic rings. The van der Waals surface area contributed by atoms with Gasteiger partial charge in [-0.05, 0) is 25.1 Å². The summed E-state index contributed by atoms with van der Waals surface area (Å²) >= 11 is 0. The molecule has 1 saturated heterocycles. The Hall–Kier alpha value is -3.62. The molecule has 0 radical (unpaired) electrons. The second kappa shape index (κ2) is 6.84. The van der Waals surface area contributed by atoms with Gasteiger partial charge in [0, 0.05) is 62.1 Å². The quantitative estimate of drug-likeness (QED) is 0.535. The van der Waals surface area contributed by atoms with Gasteiger partial charge in [0.2, 0.25) is 5.95 Å². The molecule has 5 heterocycles. The Labute approximate surface area is 161 Å². The fourth-order valence-electron chi connectivity index (χ4n) is 3.45. The number of aryl methyl sites for hydroxylation is 1. The van der Waals surface area contributed by atoms with Crippen molar-refractivity contribution >= 4 is 17.5 Å². The van der Waals surface area contributed by atoms with Crippen LogP contribution in [0.4, 0.5) is 11.8 Å². The van der Waals surface area contributed by atoms with E-state index in [2.05, 4.69) is 40.9 Å². The second-order valence-electron chi connectivity index (χ2n) is 6.69. The molecule has 4 aromatic rings. The maximum absolute atomic E-state index is 4.74. The zero-order chi connectivity index (χ0) is 18.9. The van der Waals surface area contributed by atoms with Crippen molar-refractivity contribution in [2.75, 3.05) is 36.0 Å². The largest absolute Gasteiger partial charge is 0.353 e. The molecule has 0 spiro atoms. The fraction of sp³-hybridized carbons (Fsp3) is 0.263. The van der Waals surface area contributed by atoms with Crippen molar-refractivity contribution in [2.24, 2.45) is 0 Å². The molecule has 4 aromatic heterocycles. The van der Waals surface area contributed by atoms with Crippen LogP contribution in [-0.4, -0.2) is 60.7 Å². The van der Waals surface area contributed by atoms with E-state index in [-0.39, 0.29) is 0 Å².